The number of alkyl halides is 3. The molecule has 3 aliphatic rings. The van der Waals surface area contributed by atoms with Crippen molar-refractivity contribution >= 4 is 29.4 Å². The van der Waals surface area contributed by atoms with Crippen molar-refractivity contribution in [2.45, 2.75) is 82.1 Å². The number of aliphatic hydroxyl groups excluding tert-OH is 1. The summed E-state index contributed by atoms with van der Waals surface area (Å²) in [6, 6.07) is 17.2. The highest BCUT2D eigenvalue weighted by Gasteiger charge is 2.56. The summed E-state index contributed by atoms with van der Waals surface area (Å²) in [5.74, 6) is 5.38. The van der Waals surface area contributed by atoms with Crippen LogP contribution in [0.2, 0.25) is 5.02 Å². The summed E-state index contributed by atoms with van der Waals surface area (Å²) in [4.78, 5) is 39.8. The number of ether oxygens (including phenoxy) is 2. The van der Waals surface area contributed by atoms with Crippen molar-refractivity contribution in [3.63, 3.8) is 0 Å². The third-order valence-electron chi connectivity index (χ3n) is 12.1. The zero-order chi connectivity index (χ0) is 44.9. The van der Waals surface area contributed by atoms with Gasteiger partial charge >= 0.3 is 12.3 Å². The maximum Gasteiger partial charge on any atom is 0.407 e. The van der Waals surface area contributed by atoms with Crippen molar-refractivity contribution in [3.8, 4) is 23.1 Å². The number of carbonyl (C=O) groups excluding carboxylic acids is 2. The van der Waals surface area contributed by atoms with Crippen LogP contribution < -0.4 is 20.9 Å². The van der Waals surface area contributed by atoms with Gasteiger partial charge in [-0.3, -0.25) is 14.7 Å². The van der Waals surface area contributed by atoms with Gasteiger partial charge < -0.3 is 35.4 Å². The summed E-state index contributed by atoms with van der Waals surface area (Å²) in [6.07, 6.45) is -1.92. The highest BCUT2D eigenvalue weighted by atomic mass is 35.5. The second-order valence-corrected chi connectivity index (χ2v) is 17.1. The third-order valence-corrected chi connectivity index (χ3v) is 12.5. The molecule has 0 radical (unpaired) electrons. The summed E-state index contributed by atoms with van der Waals surface area (Å²) in [7, 11) is 0.962. The highest BCUT2D eigenvalue weighted by Crippen LogP contribution is 2.41. The van der Waals surface area contributed by atoms with E-state index in [0.717, 1.165) is 58.6 Å². The molecule has 7 rings (SSSR count). The molecule has 4 N–H and O–H groups in total. The number of nitrogens with one attached hydrogen (secondary N) is 3. The molecule has 0 aliphatic carbocycles. The van der Waals surface area contributed by atoms with E-state index in [1.165, 1.54) is 18.9 Å². The maximum absolute atomic E-state index is 15.3. The number of methoxy groups -OCH3 is 1. The van der Waals surface area contributed by atoms with Gasteiger partial charge in [0.2, 0.25) is 5.91 Å². The summed E-state index contributed by atoms with van der Waals surface area (Å²) in [6.45, 7) is 4.70. The van der Waals surface area contributed by atoms with Gasteiger partial charge in [-0.2, -0.15) is 13.2 Å². The van der Waals surface area contributed by atoms with E-state index in [1.807, 2.05) is 17.4 Å². The lowest BCUT2D eigenvalue weighted by Gasteiger charge is -2.47. The fraction of sp³-hybridized carbons (Fsp3) is 0.435. The van der Waals surface area contributed by atoms with E-state index in [1.54, 1.807) is 60.9 Å². The molecule has 334 valence electrons. The molecule has 17 heteroatoms. The molecule has 2 amide bonds. The summed E-state index contributed by atoms with van der Waals surface area (Å²) < 4.78 is 68.0. The average Bonchev–Trinajstić information content (AvgIpc) is 3.47. The Kier molecular flexibility index (Phi) is 14.2. The number of amides is 2. The number of aliphatic hydroxyl groups is 1. The van der Waals surface area contributed by atoms with Gasteiger partial charge in [0, 0.05) is 77.9 Å². The molecule has 2 aromatic carbocycles. The number of carbonyl (C=O) groups is 2. The van der Waals surface area contributed by atoms with Crippen LogP contribution in [0.25, 0.3) is 11.3 Å². The second-order valence-electron chi connectivity index (χ2n) is 16.7. The first-order chi connectivity index (χ1) is 30.1. The van der Waals surface area contributed by atoms with E-state index in [9.17, 15) is 27.9 Å². The Balaban J connectivity index is 1.03. The van der Waals surface area contributed by atoms with Crippen LogP contribution in [0.5, 0.6) is 0 Å². The van der Waals surface area contributed by atoms with Gasteiger partial charge in [-0.15, -0.1) is 0 Å². The van der Waals surface area contributed by atoms with Gasteiger partial charge in [-0.25, -0.2) is 14.2 Å². The first kappa shape index (κ1) is 45.7. The van der Waals surface area contributed by atoms with Gasteiger partial charge in [0.05, 0.1) is 49.6 Å². The van der Waals surface area contributed by atoms with Gasteiger partial charge in [-0.1, -0.05) is 41.6 Å². The standard InChI is InChI=1S/C46H50ClF4N7O5/c1-45(2,46(49,50)51)42(56-44(61)62-3)43(60)55-39(40(59)23-52-22-35-36(47)19-31(20-37(35)48)38-6-4-5-17-53-38)18-29-10-7-28(8-11-29)9-12-30-13-16-41(54-21-30)57-24-32-14-15-33(25-57)58(32)34-26-63-27-34/h4-8,10-11,13,16-17,19-21,32-34,39-40,42,52,59H,14-15,18,22-27H2,1-3H3,(H,55,60)(H,56,61)/t32?,33?,39-,40-,42+/m0/s1. The molecule has 3 fully saturated rings. The maximum atomic E-state index is 15.3. The number of nitrogens with zero attached hydrogens (tertiary/aromatic N) is 4. The highest BCUT2D eigenvalue weighted by molar-refractivity contribution is 6.31. The molecule has 2 aromatic heterocycles. The first-order valence-corrected chi connectivity index (χ1v) is 21.2. The molecule has 12 nitrogen and oxygen atoms in total. The normalized spacial score (nSPS) is 19.3. The minimum absolute atomic E-state index is 0.0383. The SMILES string of the molecule is COC(=O)N[C@H](C(=O)N[C@@H](Cc1ccc(C#Cc2ccc(N3CC4CCC(C3)N4C3COC3)nc2)cc1)[C@@H](O)CNCc1c(F)cc(-c2ccccn2)cc1Cl)C(C)(C)C(F)(F)F. The largest absolute Gasteiger partial charge is 0.453 e. The predicted molar refractivity (Wildman–Crippen MR) is 229 cm³/mol. The van der Waals surface area contributed by atoms with Crippen LogP contribution in [0.15, 0.2) is 79.1 Å². The number of hydrogen-bond donors (Lipinski definition) is 4. The zero-order valence-electron chi connectivity index (χ0n) is 35.1. The Bertz CT molecular complexity index is 2250. The van der Waals surface area contributed by atoms with Crippen molar-refractivity contribution in [3.05, 3.63) is 112 Å². The smallest absolute Gasteiger partial charge is 0.407 e. The van der Waals surface area contributed by atoms with Gasteiger partial charge in [0.25, 0.3) is 0 Å². The fourth-order valence-electron chi connectivity index (χ4n) is 8.29. The topological polar surface area (TPSA) is 141 Å². The van der Waals surface area contributed by atoms with E-state index in [2.05, 4.69) is 42.0 Å². The number of rotatable bonds is 14. The minimum Gasteiger partial charge on any atom is -0.453 e. The number of anilines is 1. The molecule has 2 bridgehead atoms. The number of fused-ring (bicyclic) bond motifs is 2. The predicted octanol–water partition coefficient (Wildman–Crippen LogP) is 5.88. The van der Waals surface area contributed by atoms with Crippen molar-refractivity contribution in [2.75, 3.05) is 44.9 Å². The zero-order valence-corrected chi connectivity index (χ0v) is 35.8. The van der Waals surface area contributed by atoms with E-state index >= 15 is 4.39 Å². The third kappa shape index (κ3) is 10.7. The summed E-state index contributed by atoms with van der Waals surface area (Å²) in [5, 5.41) is 19.0. The van der Waals surface area contributed by atoms with E-state index in [4.69, 9.17) is 21.3 Å². The molecular formula is C46H50ClF4N7O5. The van der Waals surface area contributed by atoms with Crippen LogP contribution in [0.4, 0.5) is 28.2 Å². The molecule has 63 heavy (non-hydrogen) atoms. The van der Waals surface area contributed by atoms with E-state index in [0.29, 0.717) is 40.5 Å². The van der Waals surface area contributed by atoms with E-state index in [-0.39, 0.29) is 30.1 Å². The van der Waals surface area contributed by atoms with Crippen LogP contribution in [0.3, 0.4) is 0 Å². The number of aromatic nitrogens is 2. The second kappa shape index (κ2) is 19.6. The number of benzene rings is 2. The Morgan fingerprint density at radius 1 is 0.968 bits per heavy atom. The van der Waals surface area contributed by atoms with Crippen LogP contribution in [0, 0.1) is 23.1 Å². The Labute approximate surface area is 368 Å². The molecule has 3 saturated heterocycles. The van der Waals surface area contributed by atoms with Gasteiger partial charge in [0.1, 0.15) is 17.7 Å². The minimum atomic E-state index is -4.92. The van der Waals surface area contributed by atoms with Crippen molar-refractivity contribution < 1.29 is 41.7 Å². The number of piperazine rings is 1. The average molecular weight is 892 g/mol. The van der Waals surface area contributed by atoms with Crippen LogP contribution in [-0.4, -0.2) is 114 Å². The van der Waals surface area contributed by atoms with Crippen molar-refractivity contribution in [1.29, 1.82) is 0 Å². The molecule has 3 aliphatic heterocycles. The first-order valence-electron chi connectivity index (χ1n) is 20.8. The molecule has 0 spiro atoms. The Morgan fingerprint density at radius 3 is 2.25 bits per heavy atom. The van der Waals surface area contributed by atoms with Crippen LogP contribution in [-0.2, 0) is 27.2 Å². The van der Waals surface area contributed by atoms with Crippen LogP contribution in [0.1, 0.15) is 48.9 Å². The summed E-state index contributed by atoms with van der Waals surface area (Å²) in [5.41, 5.74) is 0.373. The lowest BCUT2D eigenvalue weighted by Crippen LogP contribution is -2.62. The number of pyridine rings is 2. The fourth-order valence-corrected chi connectivity index (χ4v) is 8.56. The quantitative estimate of drug-likeness (QED) is 0.0897. The van der Waals surface area contributed by atoms with Gasteiger partial charge in [0.15, 0.2) is 0 Å². The lowest BCUT2D eigenvalue weighted by molar-refractivity contribution is -0.220. The van der Waals surface area contributed by atoms with E-state index < -0.39 is 47.6 Å². The summed E-state index contributed by atoms with van der Waals surface area (Å²) >= 11 is 6.46. The number of hydrogen-bond acceptors (Lipinski definition) is 10. The molecule has 5 heterocycles. The molecular weight excluding hydrogens is 842 g/mol. The molecule has 0 saturated carbocycles. The number of alkyl carbamates (subject to hydrolysis) is 1. The molecule has 4 aromatic rings. The Hall–Kier alpha value is -5.31. The van der Waals surface area contributed by atoms with Crippen molar-refractivity contribution in [1.82, 2.24) is 30.8 Å². The monoisotopic (exact) mass is 891 g/mol. The Morgan fingerprint density at radius 2 is 1.67 bits per heavy atom. The van der Waals surface area contributed by atoms with Crippen molar-refractivity contribution in [2.24, 2.45) is 5.41 Å². The molecule has 2 unspecified atom stereocenters. The van der Waals surface area contributed by atoms with Crippen LogP contribution >= 0.6 is 11.6 Å². The molecule has 5 atom stereocenters. The lowest BCUT2D eigenvalue weighted by atomic mass is 9.82. The van der Waals surface area contributed by atoms with Gasteiger partial charge in [-0.05, 0) is 87.2 Å². The number of halogens is 5.